The molecule has 38 heavy (non-hydrogen) atoms. The summed E-state index contributed by atoms with van der Waals surface area (Å²) in [5.41, 5.74) is 1.20. The maximum Gasteiger partial charge on any atom is 0.239 e. The van der Waals surface area contributed by atoms with Crippen LogP contribution in [0.15, 0.2) is 30.3 Å². The van der Waals surface area contributed by atoms with E-state index < -0.39 is 6.10 Å². The van der Waals surface area contributed by atoms with Crippen molar-refractivity contribution in [2.45, 2.75) is 90.4 Å². The number of carbonyl (C=O) groups excluding carboxylic acids is 3. The molecule has 3 amide bonds. The van der Waals surface area contributed by atoms with Crippen LogP contribution in [0.25, 0.3) is 0 Å². The summed E-state index contributed by atoms with van der Waals surface area (Å²) in [5, 5.41) is 6.07. The summed E-state index contributed by atoms with van der Waals surface area (Å²) < 4.78 is 5.86. The molecule has 214 valence electrons. The van der Waals surface area contributed by atoms with Crippen LogP contribution in [0.4, 0.5) is 0 Å². The number of likely N-dealkylation sites (tertiary alicyclic amines) is 1. The predicted octanol–water partition coefficient (Wildman–Crippen LogP) is 3.25. The van der Waals surface area contributed by atoms with E-state index in [1.54, 1.807) is 26.1 Å². The number of benzene rings is 1. The van der Waals surface area contributed by atoms with E-state index in [1.807, 2.05) is 36.9 Å². The van der Waals surface area contributed by atoms with Gasteiger partial charge in [0.25, 0.3) is 0 Å². The molecule has 6 atom stereocenters. The van der Waals surface area contributed by atoms with Gasteiger partial charge in [-0.2, -0.15) is 0 Å². The zero-order valence-electron chi connectivity index (χ0n) is 24.5. The van der Waals surface area contributed by atoms with E-state index >= 15 is 0 Å². The fourth-order valence-electron chi connectivity index (χ4n) is 5.52. The first-order valence-corrected chi connectivity index (χ1v) is 14.2. The van der Waals surface area contributed by atoms with Gasteiger partial charge in [-0.3, -0.25) is 14.4 Å². The lowest BCUT2D eigenvalue weighted by Crippen LogP contribution is -2.54. The zero-order chi connectivity index (χ0) is 28.2. The molecular formula is C30H50N4O4. The molecule has 2 N–H and O–H groups in total. The lowest BCUT2D eigenvalue weighted by molar-refractivity contribution is -0.143. The van der Waals surface area contributed by atoms with E-state index in [1.165, 1.54) is 5.56 Å². The van der Waals surface area contributed by atoms with Gasteiger partial charge in [0.15, 0.2) is 0 Å². The minimum atomic E-state index is -0.407. The van der Waals surface area contributed by atoms with E-state index in [2.05, 4.69) is 36.6 Å². The third kappa shape index (κ3) is 8.80. The Kier molecular flexibility index (Phi) is 13.2. The summed E-state index contributed by atoms with van der Waals surface area (Å²) in [6.45, 7) is 9.28. The fourth-order valence-corrected chi connectivity index (χ4v) is 5.52. The first-order valence-electron chi connectivity index (χ1n) is 14.2. The first-order chi connectivity index (χ1) is 18.1. The Hall–Kier alpha value is -2.45. The molecule has 0 spiro atoms. The molecule has 1 heterocycles. The van der Waals surface area contributed by atoms with Gasteiger partial charge >= 0.3 is 0 Å². The largest absolute Gasteiger partial charge is 0.379 e. The molecule has 1 saturated heterocycles. The van der Waals surface area contributed by atoms with E-state index in [0.717, 1.165) is 25.7 Å². The number of nitrogens with zero attached hydrogens (tertiary/aromatic N) is 2. The topological polar surface area (TPSA) is 91.0 Å². The first kappa shape index (κ1) is 31.8. The van der Waals surface area contributed by atoms with Gasteiger partial charge in [0.1, 0.15) is 0 Å². The van der Waals surface area contributed by atoms with Crippen LogP contribution in [0.2, 0.25) is 0 Å². The zero-order valence-corrected chi connectivity index (χ0v) is 24.5. The van der Waals surface area contributed by atoms with Crippen LogP contribution in [-0.2, 0) is 25.5 Å². The molecular weight excluding hydrogens is 480 g/mol. The van der Waals surface area contributed by atoms with Crippen molar-refractivity contribution < 1.29 is 19.1 Å². The highest BCUT2D eigenvalue weighted by Crippen LogP contribution is 2.27. The number of rotatable bonds is 15. The molecule has 4 unspecified atom stereocenters. The van der Waals surface area contributed by atoms with Crippen molar-refractivity contribution in [1.29, 1.82) is 0 Å². The van der Waals surface area contributed by atoms with Crippen molar-refractivity contribution in [2.75, 3.05) is 34.3 Å². The highest BCUT2D eigenvalue weighted by atomic mass is 16.5. The maximum absolute atomic E-state index is 13.5. The second-order valence-electron chi connectivity index (χ2n) is 10.9. The minimum absolute atomic E-state index is 0.0153. The van der Waals surface area contributed by atoms with E-state index in [-0.39, 0.29) is 54.1 Å². The van der Waals surface area contributed by atoms with Crippen molar-refractivity contribution >= 4 is 17.7 Å². The Labute approximate surface area is 229 Å². The van der Waals surface area contributed by atoms with Gasteiger partial charge in [0.2, 0.25) is 17.7 Å². The Morgan fingerprint density at radius 3 is 2.45 bits per heavy atom. The van der Waals surface area contributed by atoms with Crippen LogP contribution in [0.5, 0.6) is 0 Å². The van der Waals surface area contributed by atoms with Crippen molar-refractivity contribution in [2.24, 2.45) is 11.8 Å². The van der Waals surface area contributed by atoms with Gasteiger partial charge in [0, 0.05) is 39.2 Å². The second-order valence-corrected chi connectivity index (χ2v) is 10.9. The van der Waals surface area contributed by atoms with Gasteiger partial charge in [-0.15, -0.1) is 0 Å². The molecule has 8 heteroatoms. The van der Waals surface area contributed by atoms with Crippen LogP contribution < -0.4 is 10.6 Å². The number of amides is 3. The summed E-state index contributed by atoms with van der Waals surface area (Å²) in [6, 6.07) is 9.63. The van der Waals surface area contributed by atoms with Gasteiger partial charge in [0.05, 0.1) is 24.6 Å². The monoisotopic (exact) mass is 530 g/mol. The molecule has 1 aliphatic rings. The Bertz CT molecular complexity index is 880. The summed E-state index contributed by atoms with van der Waals surface area (Å²) >= 11 is 0. The Morgan fingerprint density at radius 1 is 1.16 bits per heavy atom. The Balaban J connectivity index is 1.99. The summed E-state index contributed by atoms with van der Waals surface area (Å²) in [6.07, 6.45) is 3.95. The van der Waals surface area contributed by atoms with Crippen LogP contribution in [0.3, 0.4) is 0 Å². The SMILES string of the molecule is CCC(C)C(C(CC(=O)N1CCC[C@H]1CC(C)C(=O)NCCc1ccccc1)OC)N(C)C(=O)[C@H](C)NC. The van der Waals surface area contributed by atoms with Crippen LogP contribution in [-0.4, -0.2) is 86.0 Å². The number of carbonyl (C=O) groups is 3. The molecule has 0 aromatic heterocycles. The smallest absolute Gasteiger partial charge is 0.239 e. The van der Waals surface area contributed by atoms with Gasteiger partial charge in [-0.1, -0.05) is 57.5 Å². The number of likely N-dealkylation sites (N-methyl/N-ethyl adjacent to an activating group) is 2. The van der Waals surface area contributed by atoms with E-state index in [4.69, 9.17) is 4.74 Å². The van der Waals surface area contributed by atoms with Crippen molar-refractivity contribution in [3.05, 3.63) is 35.9 Å². The molecule has 0 bridgehead atoms. The lowest BCUT2D eigenvalue weighted by Gasteiger charge is -2.39. The fraction of sp³-hybridized carbons (Fsp3) is 0.700. The lowest BCUT2D eigenvalue weighted by atomic mass is 9.90. The third-order valence-electron chi connectivity index (χ3n) is 8.21. The molecule has 0 saturated carbocycles. The molecule has 1 aromatic carbocycles. The number of hydrogen-bond donors (Lipinski definition) is 2. The van der Waals surface area contributed by atoms with Crippen molar-refractivity contribution in [3.63, 3.8) is 0 Å². The summed E-state index contributed by atoms with van der Waals surface area (Å²) in [5.74, 6) is 0.0395. The van der Waals surface area contributed by atoms with Crippen LogP contribution >= 0.6 is 0 Å². The average molecular weight is 531 g/mol. The summed E-state index contributed by atoms with van der Waals surface area (Å²) in [7, 11) is 5.20. The minimum Gasteiger partial charge on any atom is -0.379 e. The quantitative estimate of drug-likeness (QED) is 0.363. The molecule has 1 fully saturated rings. The van der Waals surface area contributed by atoms with Gasteiger partial charge in [-0.05, 0) is 51.1 Å². The molecule has 1 aliphatic heterocycles. The van der Waals surface area contributed by atoms with Gasteiger partial charge in [-0.25, -0.2) is 0 Å². The molecule has 8 nitrogen and oxygen atoms in total. The number of nitrogens with one attached hydrogen (secondary N) is 2. The maximum atomic E-state index is 13.5. The normalized spacial score (nSPS) is 19.3. The predicted molar refractivity (Wildman–Crippen MR) is 152 cm³/mol. The van der Waals surface area contributed by atoms with Crippen LogP contribution in [0, 0.1) is 11.8 Å². The highest BCUT2D eigenvalue weighted by molar-refractivity contribution is 5.82. The highest BCUT2D eigenvalue weighted by Gasteiger charge is 2.38. The molecule has 1 aromatic rings. The van der Waals surface area contributed by atoms with Crippen molar-refractivity contribution in [1.82, 2.24) is 20.4 Å². The Morgan fingerprint density at radius 2 is 1.84 bits per heavy atom. The molecule has 2 rings (SSSR count). The average Bonchev–Trinajstić information content (AvgIpc) is 3.39. The number of hydrogen-bond acceptors (Lipinski definition) is 5. The van der Waals surface area contributed by atoms with E-state index in [0.29, 0.717) is 19.5 Å². The number of ether oxygens (including phenoxy) is 1. The third-order valence-corrected chi connectivity index (χ3v) is 8.21. The van der Waals surface area contributed by atoms with Gasteiger partial charge < -0.3 is 25.2 Å². The molecule has 0 aliphatic carbocycles. The van der Waals surface area contributed by atoms with Crippen molar-refractivity contribution in [3.8, 4) is 0 Å². The van der Waals surface area contributed by atoms with E-state index in [9.17, 15) is 14.4 Å². The van der Waals surface area contributed by atoms with Crippen LogP contribution in [0.1, 0.15) is 65.4 Å². The summed E-state index contributed by atoms with van der Waals surface area (Å²) in [4.78, 5) is 42.9. The number of methoxy groups -OCH3 is 1. The standard InChI is InChI=1S/C30H50N4O4/c1-8-21(2)28(33(6)30(37)23(4)31-5)26(38-7)20-27(35)34-18-12-15-25(34)19-22(3)29(36)32-17-16-24-13-10-9-11-14-24/h9-11,13-14,21-23,25-26,28,31H,8,12,15-20H2,1-7H3,(H,32,36)/t21?,22?,23-,25-,26?,28?/m0/s1. The molecule has 0 radical (unpaired) electrons. The second kappa shape index (κ2) is 15.8.